The van der Waals surface area contributed by atoms with E-state index in [0.29, 0.717) is 32.0 Å². The molecule has 0 aromatic heterocycles. The number of alkyl halides is 3. The van der Waals surface area contributed by atoms with Crippen molar-refractivity contribution in [3.05, 3.63) is 35.9 Å². The zero-order valence-electron chi connectivity index (χ0n) is 20.9. The lowest BCUT2D eigenvalue weighted by molar-refractivity contribution is -0.197. The molecule has 2 aliphatic rings. The van der Waals surface area contributed by atoms with E-state index in [0.717, 1.165) is 24.3 Å². The Morgan fingerprint density at radius 1 is 1.03 bits per heavy atom. The fourth-order valence-electron chi connectivity index (χ4n) is 4.32. The average molecular weight is 486 g/mol. The SMILES string of the molecule is CC(C)(C)ON1C(=O)C2CC(c3ccccc3)CCN2C1=O.CCCN(CCC)CC(F)(F)F. The lowest BCUT2D eigenvalue weighted by Crippen LogP contribution is -2.41. The normalized spacial score (nSPS) is 21.0. The minimum atomic E-state index is -4.05. The van der Waals surface area contributed by atoms with Gasteiger partial charge in [-0.05, 0) is 71.0 Å². The molecule has 9 heteroatoms. The fraction of sp³-hybridized carbons (Fsp3) is 0.680. The van der Waals surface area contributed by atoms with Crippen LogP contribution < -0.4 is 0 Å². The number of fused-ring (bicyclic) bond motifs is 1. The minimum absolute atomic E-state index is 0.236. The molecule has 0 N–H and O–H groups in total. The van der Waals surface area contributed by atoms with Crippen molar-refractivity contribution in [1.29, 1.82) is 0 Å². The number of nitrogens with zero attached hydrogens (tertiary/aromatic N) is 3. The number of halogens is 3. The van der Waals surface area contributed by atoms with E-state index in [4.69, 9.17) is 4.84 Å². The predicted molar refractivity (Wildman–Crippen MR) is 125 cm³/mol. The summed E-state index contributed by atoms with van der Waals surface area (Å²) < 4.78 is 35.7. The summed E-state index contributed by atoms with van der Waals surface area (Å²) >= 11 is 0. The van der Waals surface area contributed by atoms with Gasteiger partial charge in [0, 0.05) is 6.54 Å². The van der Waals surface area contributed by atoms with Crippen molar-refractivity contribution in [1.82, 2.24) is 14.9 Å². The van der Waals surface area contributed by atoms with Gasteiger partial charge in [-0.25, -0.2) is 4.79 Å². The molecule has 1 aromatic rings. The smallest absolute Gasteiger partial charge is 0.310 e. The molecule has 3 amide bonds. The lowest BCUT2D eigenvalue weighted by atomic mass is 9.86. The van der Waals surface area contributed by atoms with Crippen LogP contribution >= 0.6 is 0 Å². The second kappa shape index (κ2) is 12.0. The Labute approximate surface area is 201 Å². The highest BCUT2D eigenvalue weighted by Gasteiger charge is 2.50. The van der Waals surface area contributed by atoms with Crippen molar-refractivity contribution in [3.63, 3.8) is 0 Å². The summed E-state index contributed by atoms with van der Waals surface area (Å²) in [4.78, 5) is 33.6. The van der Waals surface area contributed by atoms with Crippen molar-refractivity contribution in [2.24, 2.45) is 0 Å². The summed E-state index contributed by atoms with van der Waals surface area (Å²) in [5.74, 6) is 0.0781. The first-order valence-corrected chi connectivity index (χ1v) is 12.0. The summed E-state index contributed by atoms with van der Waals surface area (Å²) in [5.41, 5.74) is 0.663. The molecular weight excluding hydrogens is 447 g/mol. The number of amides is 3. The number of urea groups is 1. The van der Waals surface area contributed by atoms with Gasteiger partial charge in [-0.3, -0.25) is 14.5 Å². The molecule has 2 aliphatic heterocycles. The Balaban J connectivity index is 0.000000292. The summed E-state index contributed by atoms with van der Waals surface area (Å²) in [6.45, 7) is 10.2. The maximum absolute atomic E-state index is 12.5. The second-order valence-electron chi connectivity index (χ2n) is 9.85. The molecule has 6 nitrogen and oxygen atoms in total. The molecular formula is C25H38F3N3O3. The van der Waals surface area contributed by atoms with Gasteiger partial charge in [-0.2, -0.15) is 13.2 Å². The van der Waals surface area contributed by atoms with Gasteiger partial charge in [-0.15, -0.1) is 5.06 Å². The van der Waals surface area contributed by atoms with E-state index in [1.165, 1.54) is 10.5 Å². The maximum atomic E-state index is 12.5. The Kier molecular flexibility index (Phi) is 9.94. The van der Waals surface area contributed by atoms with Gasteiger partial charge in [0.1, 0.15) is 6.04 Å². The Hall–Kier alpha value is -2.13. The number of carbonyl (C=O) groups excluding carboxylic acids is 2. The van der Waals surface area contributed by atoms with Crippen LogP contribution in [0.3, 0.4) is 0 Å². The summed E-state index contributed by atoms with van der Waals surface area (Å²) in [6.07, 6.45) is -0.960. The zero-order chi connectivity index (χ0) is 25.5. The molecule has 2 unspecified atom stereocenters. The van der Waals surface area contributed by atoms with Crippen LogP contribution in [0.25, 0.3) is 0 Å². The van der Waals surface area contributed by atoms with Crippen LogP contribution in [-0.2, 0) is 9.63 Å². The largest absolute Gasteiger partial charge is 0.401 e. The Morgan fingerprint density at radius 3 is 2.12 bits per heavy atom. The van der Waals surface area contributed by atoms with Crippen LogP contribution in [0.2, 0.25) is 0 Å². The van der Waals surface area contributed by atoms with E-state index in [-0.39, 0.29) is 11.9 Å². The third kappa shape index (κ3) is 8.27. The highest BCUT2D eigenvalue weighted by molar-refractivity contribution is 6.03. The molecule has 2 heterocycles. The molecule has 192 valence electrons. The predicted octanol–water partition coefficient (Wildman–Crippen LogP) is 5.60. The summed E-state index contributed by atoms with van der Waals surface area (Å²) in [5, 5.41) is 0.956. The molecule has 0 aliphatic carbocycles. The van der Waals surface area contributed by atoms with E-state index >= 15 is 0 Å². The highest BCUT2D eigenvalue weighted by Crippen LogP contribution is 2.36. The van der Waals surface area contributed by atoms with Crippen LogP contribution in [-0.4, -0.2) is 70.8 Å². The average Bonchev–Trinajstić information content (AvgIpc) is 2.97. The standard InChI is InChI=1S/C17H22N2O3.C8H16F3N/c1-17(2,3)22-19-15(20)14-11-13(9-10-18(14)16(19)21)12-7-5-4-6-8-12;1-3-5-12(6-4-2)7-8(9,10)11/h4-8,13-14H,9-11H2,1-3H3;3-7H2,1-2H3. The third-order valence-electron chi connectivity index (χ3n) is 5.63. The van der Waals surface area contributed by atoms with Gasteiger partial charge < -0.3 is 4.90 Å². The molecule has 1 aromatic carbocycles. The quantitative estimate of drug-likeness (QED) is 0.472. The molecule has 0 saturated carbocycles. The second-order valence-corrected chi connectivity index (χ2v) is 9.85. The third-order valence-corrected chi connectivity index (χ3v) is 5.63. The Morgan fingerprint density at radius 2 is 1.62 bits per heavy atom. The molecule has 2 fully saturated rings. The monoisotopic (exact) mass is 485 g/mol. The van der Waals surface area contributed by atoms with Crippen LogP contribution in [0.1, 0.15) is 71.8 Å². The first-order valence-electron chi connectivity index (χ1n) is 12.0. The number of hydrogen-bond acceptors (Lipinski definition) is 4. The van der Waals surface area contributed by atoms with Gasteiger partial charge in [0.25, 0.3) is 5.91 Å². The molecule has 0 spiro atoms. The van der Waals surface area contributed by atoms with E-state index in [2.05, 4.69) is 12.1 Å². The molecule has 2 atom stereocenters. The zero-order valence-corrected chi connectivity index (χ0v) is 20.9. The highest BCUT2D eigenvalue weighted by atomic mass is 19.4. The molecule has 2 saturated heterocycles. The van der Waals surface area contributed by atoms with E-state index < -0.39 is 24.4 Å². The number of piperidine rings is 1. The number of carbonyl (C=O) groups is 2. The molecule has 0 radical (unpaired) electrons. The Bertz CT molecular complexity index is 790. The number of hydroxylamine groups is 2. The van der Waals surface area contributed by atoms with Gasteiger partial charge >= 0.3 is 12.2 Å². The minimum Gasteiger partial charge on any atom is -0.310 e. The van der Waals surface area contributed by atoms with Crippen molar-refractivity contribution in [2.45, 2.75) is 84.0 Å². The van der Waals surface area contributed by atoms with Gasteiger partial charge in [-0.1, -0.05) is 44.2 Å². The lowest BCUT2D eigenvalue weighted by Gasteiger charge is -2.32. The van der Waals surface area contributed by atoms with E-state index in [1.54, 1.807) is 4.90 Å². The topological polar surface area (TPSA) is 53.1 Å². The van der Waals surface area contributed by atoms with E-state index in [1.807, 2.05) is 52.8 Å². The summed E-state index contributed by atoms with van der Waals surface area (Å²) in [7, 11) is 0. The molecule has 3 rings (SSSR count). The fourth-order valence-corrected chi connectivity index (χ4v) is 4.32. The van der Waals surface area contributed by atoms with Crippen LogP contribution in [0.15, 0.2) is 30.3 Å². The van der Waals surface area contributed by atoms with Gasteiger partial charge in [0.05, 0.1) is 12.1 Å². The maximum Gasteiger partial charge on any atom is 0.401 e. The van der Waals surface area contributed by atoms with E-state index in [9.17, 15) is 22.8 Å². The number of hydrogen-bond donors (Lipinski definition) is 0. The number of benzene rings is 1. The van der Waals surface area contributed by atoms with Crippen molar-refractivity contribution >= 4 is 11.9 Å². The van der Waals surface area contributed by atoms with Crippen molar-refractivity contribution in [2.75, 3.05) is 26.2 Å². The molecule has 34 heavy (non-hydrogen) atoms. The first-order chi connectivity index (χ1) is 15.9. The number of imide groups is 1. The van der Waals surface area contributed by atoms with Crippen molar-refractivity contribution in [3.8, 4) is 0 Å². The number of rotatable bonds is 7. The first kappa shape index (κ1) is 28.1. The van der Waals surface area contributed by atoms with Gasteiger partial charge in [0.15, 0.2) is 0 Å². The van der Waals surface area contributed by atoms with Crippen LogP contribution in [0, 0.1) is 0 Å². The van der Waals surface area contributed by atoms with Crippen molar-refractivity contribution < 1.29 is 27.6 Å². The summed E-state index contributed by atoms with van der Waals surface area (Å²) in [6, 6.07) is 9.47. The van der Waals surface area contributed by atoms with Gasteiger partial charge in [0.2, 0.25) is 0 Å². The molecule has 0 bridgehead atoms. The van der Waals surface area contributed by atoms with Crippen LogP contribution in [0.4, 0.5) is 18.0 Å². The van der Waals surface area contributed by atoms with Crippen LogP contribution in [0.5, 0.6) is 0 Å².